The van der Waals surface area contributed by atoms with E-state index in [-0.39, 0.29) is 12.8 Å². The first kappa shape index (κ1) is 11.3. The summed E-state index contributed by atoms with van der Waals surface area (Å²) in [6, 6.07) is 1.82. The van der Waals surface area contributed by atoms with E-state index in [1.165, 1.54) is 0 Å². The van der Waals surface area contributed by atoms with Crippen LogP contribution < -0.4 is 0 Å². The first-order valence-electron chi connectivity index (χ1n) is 4.74. The maximum absolute atomic E-state index is 12.5. The molecule has 0 radical (unpaired) electrons. The van der Waals surface area contributed by atoms with Crippen molar-refractivity contribution in [2.45, 2.75) is 31.3 Å². The van der Waals surface area contributed by atoms with Crippen LogP contribution in [0.25, 0.3) is 0 Å². The zero-order chi connectivity index (χ0) is 11.1. The first-order valence-corrected chi connectivity index (χ1v) is 6.09. The molecule has 0 aliphatic heterocycles. The third kappa shape index (κ3) is 2.31. The highest BCUT2D eigenvalue weighted by Crippen LogP contribution is 2.39. The molecule has 0 nitrogen and oxygen atoms in total. The van der Waals surface area contributed by atoms with Gasteiger partial charge in [0.15, 0.2) is 0 Å². The number of thiophene rings is 1. The lowest BCUT2D eigenvalue weighted by Gasteiger charge is -2.24. The minimum absolute atomic E-state index is 0.131. The Morgan fingerprint density at radius 2 is 2.20 bits per heavy atom. The number of rotatable bonds is 1. The summed E-state index contributed by atoms with van der Waals surface area (Å²) in [5, 5.41) is 0. The Kier molecular flexibility index (Phi) is 2.99. The molecule has 1 heterocycles. The molecule has 2 rings (SSSR count). The number of fused-ring (bicyclic) bond motifs is 1. The van der Waals surface area contributed by atoms with E-state index >= 15 is 0 Å². The molecule has 1 aliphatic rings. The standard InChI is InChI=1S/C10H10ClF3S/c11-5-8-4-6-3-7(10(12,13)14)1-2-9(6)15-8/h4,7H,1-3,5H2. The monoisotopic (exact) mass is 254 g/mol. The van der Waals surface area contributed by atoms with Gasteiger partial charge >= 0.3 is 6.18 Å². The van der Waals surface area contributed by atoms with Gasteiger partial charge in [-0.05, 0) is 30.9 Å². The fourth-order valence-electron chi connectivity index (χ4n) is 1.93. The zero-order valence-corrected chi connectivity index (χ0v) is 9.48. The fourth-order valence-corrected chi connectivity index (χ4v) is 3.24. The second kappa shape index (κ2) is 3.98. The number of aryl methyl sites for hydroxylation is 1. The van der Waals surface area contributed by atoms with Crippen molar-refractivity contribution in [3.63, 3.8) is 0 Å². The van der Waals surface area contributed by atoms with E-state index < -0.39 is 12.1 Å². The van der Waals surface area contributed by atoms with Crippen molar-refractivity contribution in [3.05, 3.63) is 21.4 Å². The normalized spacial score (nSPS) is 21.5. The maximum atomic E-state index is 12.5. The molecule has 0 aromatic carbocycles. The Morgan fingerprint density at radius 1 is 1.47 bits per heavy atom. The summed E-state index contributed by atoms with van der Waals surface area (Å²) in [7, 11) is 0. The SMILES string of the molecule is FC(F)(F)C1CCc2sc(CCl)cc2C1. The Balaban J connectivity index is 2.19. The molecule has 5 heteroatoms. The van der Waals surface area contributed by atoms with E-state index in [1.807, 2.05) is 6.07 Å². The fraction of sp³-hybridized carbons (Fsp3) is 0.600. The van der Waals surface area contributed by atoms with Gasteiger partial charge in [0, 0.05) is 9.75 Å². The van der Waals surface area contributed by atoms with Gasteiger partial charge in [-0.1, -0.05) is 0 Å². The smallest absolute Gasteiger partial charge is 0.171 e. The molecule has 0 bridgehead atoms. The van der Waals surface area contributed by atoms with Crippen LogP contribution in [0.1, 0.15) is 21.7 Å². The largest absolute Gasteiger partial charge is 0.392 e. The number of halogens is 4. The molecular formula is C10H10ClF3S. The minimum Gasteiger partial charge on any atom is -0.171 e. The molecule has 1 aromatic heterocycles. The molecule has 0 saturated heterocycles. The number of alkyl halides is 4. The van der Waals surface area contributed by atoms with Crippen molar-refractivity contribution in [2.24, 2.45) is 5.92 Å². The Morgan fingerprint density at radius 3 is 2.80 bits per heavy atom. The zero-order valence-electron chi connectivity index (χ0n) is 7.90. The van der Waals surface area contributed by atoms with Crippen molar-refractivity contribution in [1.29, 1.82) is 0 Å². The van der Waals surface area contributed by atoms with E-state index in [9.17, 15) is 13.2 Å². The Labute approximate surface area is 95.1 Å². The van der Waals surface area contributed by atoms with E-state index in [4.69, 9.17) is 11.6 Å². The van der Waals surface area contributed by atoms with Gasteiger partial charge in [-0.2, -0.15) is 13.2 Å². The van der Waals surface area contributed by atoms with Gasteiger partial charge in [-0.3, -0.25) is 0 Å². The lowest BCUT2D eigenvalue weighted by molar-refractivity contribution is -0.176. The Hall–Kier alpha value is -0.220. The summed E-state index contributed by atoms with van der Waals surface area (Å²) in [6.07, 6.45) is -3.16. The molecule has 15 heavy (non-hydrogen) atoms. The van der Waals surface area contributed by atoms with Crippen molar-refractivity contribution in [3.8, 4) is 0 Å². The van der Waals surface area contributed by atoms with E-state index in [0.717, 1.165) is 15.3 Å². The Bertz CT molecular complexity index is 356. The number of hydrogen-bond acceptors (Lipinski definition) is 1. The topological polar surface area (TPSA) is 0 Å². The molecular weight excluding hydrogens is 245 g/mol. The van der Waals surface area contributed by atoms with Crippen LogP contribution in [0, 0.1) is 5.92 Å². The molecule has 0 fully saturated rings. The molecule has 0 amide bonds. The lowest BCUT2D eigenvalue weighted by atomic mass is 9.88. The van der Waals surface area contributed by atoms with Crippen LogP contribution in [0.2, 0.25) is 0 Å². The van der Waals surface area contributed by atoms with Crippen LogP contribution in [0.15, 0.2) is 6.07 Å². The average Bonchev–Trinajstić information content (AvgIpc) is 2.57. The van der Waals surface area contributed by atoms with Gasteiger partial charge in [-0.25, -0.2) is 0 Å². The maximum Gasteiger partial charge on any atom is 0.392 e. The summed E-state index contributed by atoms with van der Waals surface area (Å²) in [5.41, 5.74) is 0.851. The molecule has 1 atom stereocenters. The lowest BCUT2D eigenvalue weighted by Crippen LogP contribution is -2.28. The highest BCUT2D eigenvalue weighted by atomic mass is 35.5. The third-order valence-corrected chi connectivity index (χ3v) is 4.41. The summed E-state index contributed by atoms with van der Waals surface area (Å²) < 4.78 is 37.5. The minimum atomic E-state index is -4.05. The molecule has 84 valence electrons. The van der Waals surface area contributed by atoms with Gasteiger partial charge in [-0.15, -0.1) is 22.9 Å². The second-order valence-corrected chi connectivity index (χ2v) is 5.26. The van der Waals surface area contributed by atoms with Crippen LogP contribution in [-0.4, -0.2) is 6.18 Å². The third-order valence-electron chi connectivity index (χ3n) is 2.73. The quantitative estimate of drug-likeness (QED) is 0.661. The molecule has 1 unspecified atom stereocenters. The van der Waals surface area contributed by atoms with Crippen LogP contribution in [-0.2, 0) is 18.7 Å². The van der Waals surface area contributed by atoms with Gasteiger partial charge in [0.25, 0.3) is 0 Å². The molecule has 1 aliphatic carbocycles. The predicted octanol–water partition coefficient (Wildman–Crippen LogP) is 4.15. The van der Waals surface area contributed by atoms with Crippen molar-refractivity contribution < 1.29 is 13.2 Å². The van der Waals surface area contributed by atoms with Crippen LogP contribution in [0.3, 0.4) is 0 Å². The van der Waals surface area contributed by atoms with Crippen molar-refractivity contribution in [1.82, 2.24) is 0 Å². The highest BCUT2D eigenvalue weighted by molar-refractivity contribution is 7.12. The van der Waals surface area contributed by atoms with Crippen molar-refractivity contribution >= 4 is 22.9 Å². The molecule has 0 saturated carbocycles. The van der Waals surface area contributed by atoms with Crippen molar-refractivity contribution in [2.75, 3.05) is 0 Å². The summed E-state index contributed by atoms with van der Waals surface area (Å²) in [4.78, 5) is 2.07. The van der Waals surface area contributed by atoms with Crippen LogP contribution in [0.5, 0.6) is 0 Å². The van der Waals surface area contributed by atoms with Gasteiger partial charge in [0.1, 0.15) is 0 Å². The molecule has 0 spiro atoms. The van der Waals surface area contributed by atoms with Gasteiger partial charge < -0.3 is 0 Å². The first-order chi connectivity index (χ1) is 7.00. The highest BCUT2D eigenvalue weighted by Gasteiger charge is 2.41. The molecule has 0 N–H and O–H groups in total. The van der Waals surface area contributed by atoms with Crippen LogP contribution >= 0.6 is 22.9 Å². The summed E-state index contributed by atoms with van der Waals surface area (Å²) in [5.74, 6) is -0.767. The second-order valence-electron chi connectivity index (χ2n) is 3.78. The van der Waals surface area contributed by atoms with E-state index in [0.29, 0.717) is 12.3 Å². The van der Waals surface area contributed by atoms with E-state index in [1.54, 1.807) is 11.3 Å². The summed E-state index contributed by atoms with van der Waals surface area (Å²) in [6.45, 7) is 0. The summed E-state index contributed by atoms with van der Waals surface area (Å²) >= 11 is 7.21. The average molecular weight is 255 g/mol. The van der Waals surface area contributed by atoms with E-state index in [2.05, 4.69) is 0 Å². The predicted molar refractivity (Wildman–Crippen MR) is 55.4 cm³/mol. The van der Waals surface area contributed by atoms with Gasteiger partial charge in [0.05, 0.1) is 11.8 Å². The number of hydrogen-bond donors (Lipinski definition) is 0. The van der Waals surface area contributed by atoms with Crippen LogP contribution in [0.4, 0.5) is 13.2 Å². The van der Waals surface area contributed by atoms with Gasteiger partial charge in [0.2, 0.25) is 0 Å². The molecule has 1 aromatic rings.